The first kappa shape index (κ1) is 19.4. The number of hydrogen-bond acceptors (Lipinski definition) is 3. The molecule has 3 heteroatoms. The van der Waals surface area contributed by atoms with Crippen molar-refractivity contribution in [2.24, 2.45) is 11.8 Å². The van der Waals surface area contributed by atoms with Gasteiger partial charge in [-0.3, -0.25) is 0 Å². The van der Waals surface area contributed by atoms with E-state index in [9.17, 15) is 5.11 Å². The van der Waals surface area contributed by atoms with Gasteiger partial charge in [-0.2, -0.15) is 0 Å². The molecule has 1 aliphatic carbocycles. The molecule has 2 aromatic rings. The van der Waals surface area contributed by atoms with Crippen molar-refractivity contribution in [3.05, 3.63) is 71.8 Å². The molecular formula is C24H30OS2. The molecule has 0 amide bonds. The van der Waals surface area contributed by atoms with Gasteiger partial charge in [0, 0.05) is 5.92 Å². The molecule has 0 bridgehead atoms. The summed E-state index contributed by atoms with van der Waals surface area (Å²) in [6, 6.07) is 21.2. The van der Waals surface area contributed by atoms with Gasteiger partial charge in [-0.25, -0.2) is 0 Å². The number of aliphatic hydroxyl groups is 1. The normalized spacial score (nSPS) is 27.9. The molecule has 0 spiro atoms. The molecule has 1 N–H and O–H groups in total. The summed E-state index contributed by atoms with van der Waals surface area (Å²) in [6.45, 7) is 2.30. The van der Waals surface area contributed by atoms with Crippen LogP contribution in [-0.2, 0) is 0 Å². The van der Waals surface area contributed by atoms with Crippen LogP contribution in [0.25, 0.3) is 0 Å². The number of benzene rings is 2. The van der Waals surface area contributed by atoms with Crippen LogP contribution in [0.5, 0.6) is 0 Å². The first-order chi connectivity index (χ1) is 13.3. The Morgan fingerprint density at radius 2 is 1.63 bits per heavy atom. The highest BCUT2D eigenvalue weighted by molar-refractivity contribution is 8.18. The molecule has 1 heterocycles. The van der Waals surface area contributed by atoms with E-state index in [1.165, 1.54) is 42.8 Å². The molecule has 2 fully saturated rings. The number of aliphatic hydroxyl groups excluding tert-OH is 1. The molecule has 0 aromatic heterocycles. The standard InChI is InChI=1S/C24H30OS2/c1-2-3-15-24(26-16-10-17-27-24)22-20(18-11-6-4-7-12-18)21(22)23(25)19-13-8-5-9-14-19/h4-9,11-14,20-23,25H,2-3,10,15-17H2,1H3/t20-,21-,22+,23+/m0/s1. The highest BCUT2D eigenvalue weighted by Gasteiger charge is 2.64. The minimum atomic E-state index is -0.372. The van der Waals surface area contributed by atoms with Gasteiger partial charge in [0.25, 0.3) is 0 Å². The largest absolute Gasteiger partial charge is 0.388 e. The fourth-order valence-corrected chi connectivity index (χ4v) is 8.64. The molecule has 1 saturated carbocycles. The highest BCUT2D eigenvalue weighted by atomic mass is 32.2. The predicted octanol–water partition coefficient (Wildman–Crippen LogP) is 6.51. The Morgan fingerprint density at radius 3 is 2.26 bits per heavy atom. The average Bonchev–Trinajstić information content (AvgIpc) is 3.50. The van der Waals surface area contributed by atoms with E-state index in [4.69, 9.17) is 0 Å². The van der Waals surface area contributed by atoms with Crippen molar-refractivity contribution in [2.75, 3.05) is 11.5 Å². The summed E-state index contributed by atoms with van der Waals surface area (Å²) in [6.07, 6.45) is 4.75. The summed E-state index contributed by atoms with van der Waals surface area (Å²) < 4.78 is 0.273. The summed E-state index contributed by atoms with van der Waals surface area (Å²) in [4.78, 5) is 0. The van der Waals surface area contributed by atoms with Crippen molar-refractivity contribution >= 4 is 23.5 Å². The minimum absolute atomic E-state index is 0.273. The Hall–Kier alpha value is -0.900. The van der Waals surface area contributed by atoms with Gasteiger partial charge in [0.1, 0.15) is 0 Å². The number of thioether (sulfide) groups is 2. The first-order valence-corrected chi connectivity index (χ1v) is 12.3. The SMILES string of the molecule is CCCCC1([C@@H]2[C@@H](c3ccccc3)[C@@H]2[C@H](O)c2ccccc2)SCCCS1. The second kappa shape index (κ2) is 8.63. The summed E-state index contributed by atoms with van der Waals surface area (Å²) in [5, 5.41) is 11.3. The summed E-state index contributed by atoms with van der Waals surface area (Å²) >= 11 is 4.38. The monoisotopic (exact) mass is 398 g/mol. The molecule has 27 heavy (non-hydrogen) atoms. The smallest absolute Gasteiger partial charge is 0.0827 e. The third-order valence-corrected chi connectivity index (χ3v) is 9.76. The topological polar surface area (TPSA) is 20.2 Å². The van der Waals surface area contributed by atoms with Crippen molar-refractivity contribution in [2.45, 2.75) is 48.7 Å². The van der Waals surface area contributed by atoms with Gasteiger partial charge in [0.2, 0.25) is 0 Å². The Balaban J connectivity index is 1.67. The molecule has 2 aliphatic rings. The lowest BCUT2D eigenvalue weighted by atomic mass is 10.0. The van der Waals surface area contributed by atoms with Crippen LogP contribution in [0.2, 0.25) is 0 Å². The van der Waals surface area contributed by atoms with E-state index in [1.54, 1.807) is 0 Å². The maximum Gasteiger partial charge on any atom is 0.0827 e. The lowest BCUT2D eigenvalue weighted by Crippen LogP contribution is -2.29. The minimum Gasteiger partial charge on any atom is -0.388 e. The van der Waals surface area contributed by atoms with Crippen molar-refractivity contribution in [1.29, 1.82) is 0 Å². The van der Waals surface area contributed by atoms with Crippen LogP contribution in [0.1, 0.15) is 55.8 Å². The summed E-state index contributed by atoms with van der Waals surface area (Å²) in [5.41, 5.74) is 2.48. The first-order valence-electron chi connectivity index (χ1n) is 10.3. The van der Waals surface area contributed by atoms with E-state index < -0.39 is 0 Å². The van der Waals surface area contributed by atoms with E-state index in [0.717, 1.165) is 5.56 Å². The van der Waals surface area contributed by atoms with Crippen molar-refractivity contribution in [3.8, 4) is 0 Å². The zero-order valence-corrected chi connectivity index (χ0v) is 17.7. The number of unbranched alkanes of at least 4 members (excludes halogenated alkanes) is 1. The molecule has 1 aliphatic heterocycles. The molecule has 144 valence electrons. The van der Waals surface area contributed by atoms with Crippen LogP contribution in [0, 0.1) is 11.8 Å². The lowest BCUT2D eigenvalue weighted by molar-refractivity contribution is 0.144. The molecule has 4 atom stereocenters. The third-order valence-electron chi connectivity index (χ3n) is 6.13. The predicted molar refractivity (Wildman–Crippen MR) is 119 cm³/mol. The number of rotatable bonds is 7. The summed E-state index contributed by atoms with van der Waals surface area (Å²) in [5.74, 6) is 3.88. The van der Waals surface area contributed by atoms with Crippen molar-refractivity contribution < 1.29 is 5.11 Å². The van der Waals surface area contributed by atoms with Crippen LogP contribution in [0.4, 0.5) is 0 Å². The van der Waals surface area contributed by atoms with Crippen LogP contribution >= 0.6 is 23.5 Å². The van der Waals surface area contributed by atoms with Crippen LogP contribution in [0.3, 0.4) is 0 Å². The number of hydrogen-bond donors (Lipinski definition) is 1. The Bertz CT molecular complexity index is 712. The van der Waals surface area contributed by atoms with Crippen molar-refractivity contribution in [1.82, 2.24) is 0 Å². The van der Waals surface area contributed by atoms with Crippen LogP contribution < -0.4 is 0 Å². The summed E-state index contributed by atoms with van der Waals surface area (Å²) in [7, 11) is 0. The zero-order valence-electron chi connectivity index (χ0n) is 16.1. The van der Waals surface area contributed by atoms with Crippen LogP contribution in [0.15, 0.2) is 60.7 Å². The van der Waals surface area contributed by atoms with Gasteiger partial charge in [0.15, 0.2) is 0 Å². The Kier molecular flexibility index (Phi) is 6.21. The van der Waals surface area contributed by atoms with Gasteiger partial charge >= 0.3 is 0 Å². The molecule has 4 rings (SSSR count). The zero-order chi connectivity index (χ0) is 18.7. The van der Waals surface area contributed by atoms with Crippen LogP contribution in [-0.4, -0.2) is 20.7 Å². The second-order valence-electron chi connectivity index (χ2n) is 7.86. The average molecular weight is 399 g/mol. The molecule has 1 nitrogen and oxygen atoms in total. The van der Waals surface area contributed by atoms with Gasteiger partial charge in [-0.1, -0.05) is 80.4 Å². The quantitative estimate of drug-likeness (QED) is 0.574. The molecule has 1 saturated heterocycles. The highest BCUT2D eigenvalue weighted by Crippen LogP contribution is 2.71. The molecular weight excluding hydrogens is 368 g/mol. The van der Waals surface area contributed by atoms with E-state index in [-0.39, 0.29) is 10.2 Å². The van der Waals surface area contributed by atoms with E-state index >= 15 is 0 Å². The third kappa shape index (κ3) is 3.97. The maximum atomic E-state index is 11.3. The van der Waals surface area contributed by atoms with Gasteiger partial charge < -0.3 is 5.11 Å². The van der Waals surface area contributed by atoms with Gasteiger partial charge in [0.05, 0.1) is 10.2 Å². The maximum absolute atomic E-state index is 11.3. The second-order valence-corrected chi connectivity index (χ2v) is 11.0. The fraction of sp³-hybridized carbons (Fsp3) is 0.500. The fourth-order valence-electron chi connectivity index (χ4n) is 4.79. The van der Waals surface area contributed by atoms with Gasteiger partial charge in [-0.15, -0.1) is 23.5 Å². The van der Waals surface area contributed by atoms with E-state index in [0.29, 0.717) is 17.8 Å². The molecule has 2 aromatic carbocycles. The van der Waals surface area contributed by atoms with E-state index in [1.807, 2.05) is 18.2 Å². The Labute approximate surface area is 172 Å². The van der Waals surface area contributed by atoms with Crippen molar-refractivity contribution in [3.63, 3.8) is 0 Å². The Morgan fingerprint density at radius 1 is 1.00 bits per heavy atom. The van der Waals surface area contributed by atoms with Gasteiger partial charge in [-0.05, 0) is 47.3 Å². The lowest BCUT2D eigenvalue weighted by Gasteiger charge is -2.38. The van der Waals surface area contributed by atoms with E-state index in [2.05, 4.69) is 72.9 Å². The molecule has 0 unspecified atom stereocenters. The molecule has 0 radical (unpaired) electrons.